The predicted molar refractivity (Wildman–Crippen MR) is 92.2 cm³/mol. The lowest BCUT2D eigenvalue weighted by Crippen LogP contribution is -2.31. The highest BCUT2D eigenvalue weighted by molar-refractivity contribution is 6.30. The number of aryl methyl sites for hydroxylation is 1. The van der Waals surface area contributed by atoms with Crippen LogP contribution in [0, 0.1) is 0 Å². The topological polar surface area (TPSA) is 68.8 Å². The van der Waals surface area contributed by atoms with Gasteiger partial charge in [-0.15, -0.1) is 5.10 Å². The Morgan fingerprint density at radius 2 is 2.04 bits per heavy atom. The molecule has 0 fully saturated rings. The Morgan fingerprint density at radius 1 is 1.20 bits per heavy atom. The summed E-state index contributed by atoms with van der Waals surface area (Å²) in [6, 6.07) is 8.87. The van der Waals surface area contributed by atoms with Gasteiger partial charge in [-0.1, -0.05) is 16.8 Å². The fourth-order valence-electron chi connectivity index (χ4n) is 3.01. The van der Waals surface area contributed by atoms with Crippen molar-refractivity contribution in [3.8, 4) is 0 Å². The zero-order valence-corrected chi connectivity index (χ0v) is 14.3. The first-order valence-electron chi connectivity index (χ1n) is 8.14. The fourth-order valence-corrected chi connectivity index (χ4v) is 3.14. The summed E-state index contributed by atoms with van der Waals surface area (Å²) in [4.78, 5) is 14.7. The van der Waals surface area contributed by atoms with E-state index in [2.05, 4.69) is 15.4 Å². The molecule has 0 unspecified atom stereocenters. The zero-order chi connectivity index (χ0) is 17.2. The van der Waals surface area contributed by atoms with Crippen LogP contribution in [0.4, 0.5) is 0 Å². The quantitative estimate of drug-likeness (QED) is 0.721. The minimum Gasteiger partial charge on any atom is -0.333 e. The molecular weight excluding hydrogens is 340 g/mol. The van der Waals surface area contributed by atoms with Gasteiger partial charge in [0.15, 0.2) is 0 Å². The summed E-state index contributed by atoms with van der Waals surface area (Å²) in [7, 11) is 0. The monoisotopic (exact) mass is 356 g/mol. The number of nitrogens with zero attached hydrogens (tertiary/aromatic N) is 6. The van der Waals surface area contributed by atoms with Crippen molar-refractivity contribution in [3.63, 3.8) is 0 Å². The van der Waals surface area contributed by atoms with E-state index in [9.17, 15) is 4.79 Å². The van der Waals surface area contributed by atoms with Gasteiger partial charge in [-0.25, -0.2) is 4.68 Å². The molecule has 8 heteroatoms. The summed E-state index contributed by atoms with van der Waals surface area (Å²) in [5.41, 5.74) is 2.45. The van der Waals surface area contributed by atoms with Gasteiger partial charge in [-0.3, -0.25) is 9.48 Å². The van der Waals surface area contributed by atoms with Crippen LogP contribution in [-0.2, 0) is 19.6 Å². The van der Waals surface area contributed by atoms with E-state index in [-0.39, 0.29) is 5.91 Å². The average molecular weight is 357 g/mol. The second kappa shape index (κ2) is 6.68. The van der Waals surface area contributed by atoms with E-state index in [4.69, 9.17) is 11.6 Å². The minimum absolute atomic E-state index is 0.00337. The first-order valence-corrected chi connectivity index (χ1v) is 8.52. The van der Waals surface area contributed by atoms with Gasteiger partial charge >= 0.3 is 0 Å². The number of carbonyl (C=O) groups is 1. The molecule has 2 aromatic heterocycles. The third-order valence-corrected chi connectivity index (χ3v) is 4.56. The fraction of sp³-hybridized carbons (Fsp3) is 0.294. The second-order valence-corrected chi connectivity index (χ2v) is 6.43. The van der Waals surface area contributed by atoms with Gasteiger partial charge in [0, 0.05) is 36.1 Å². The molecule has 0 aliphatic carbocycles. The van der Waals surface area contributed by atoms with Crippen LogP contribution in [0.15, 0.2) is 42.7 Å². The summed E-state index contributed by atoms with van der Waals surface area (Å²) in [6.45, 7) is 2.48. The van der Waals surface area contributed by atoms with Crippen molar-refractivity contribution >= 4 is 17.5 Å². The van der Waals surface area contributed by atoms with E-state index in [1.165, 1.54) is 0 Å². The van der Waals surface area contributed by atoms with E-state index in [1.54, 1.807) is 35.1 Å². The molecule has 4 rings (SSSR count). The molecular formula is C17H17ClN6O. The molecule has 1 aliphatic heterocycles. The second-order valence-electron chi connectivity index (χ2n) is 6.00. The molecule has 3 heterocycles. The lowest BCUT2D eigenvalue weighted by Gasteiger charge is -2.20. The molecule has 0 saturated carbocycles. The molecule has 25 heavy (non-hydrogen) atoms. The van der Waals surface area contributed by atoms with Gasteiger partial charge in [0.1, 0.15) is 5.69 Å². The van der Waals surface area contributed by atoms with Crippen molar-refractivity contribution in [2.75, 3.05) is 6.54 Å². The lowest BCUT2D eigenvalue weighted by molar-refractivity contribution is 0.0745. The minimum atomic E-state index is -0.00337. The van der Waals surface area contributed by atoms with E-state index in [0.29, 0.717) is 30.2 Å². The zero-order valence-electron chi connectivity index (χ0n) is 13.5. The number of benzene rings is 1. The molecule has 128 valence electrons. The van der Waals surface area contributed by atoms with Crippen molar-refractivity contribution in [2.45, 2.75) is 26.1 Å². The van der Waals surface area contributed by atoms with Crippen LogP contribution in [0.5, 0.6) is 0 Å². The Morgan fingerprint density at radius 3 is 2.80 bits per heavy atom. The largest absolute Gasteiger partial charge is 0.333 e. The molecule has 0 atom stereocenters. The van der Waals surface area contributed by atoms with Crippen LogP contribution >= 0.6 is 11.6 Å². The third-order valence-electron chi connectivity index (χ3n) is 4.31. The summed E-state index contributed by atoms with van der Waals surface area (Å²) in [5, 5.41) is 13.4. The van der Waals surface area contributed by atoms with Gasteiger partial charge in [0.2, 0.25) is 0 Å². The van der Waals surface area contributed by atoms with Crippen molar-refractivity contribution in [1.82, 2.24) is 29.7 Å². The number of fused-ring (bicyclic) bond motifs is 1. The van der Waals surface area contributed by atoms with Crippen molar-refractivity contribution in [2.24, 2.45) is 0 Å². The van der Waals surface area contributed by atoms with Crippen LogP contribution in [0.2, 0.25) is 5.02 Å². The number of amides is 1. The summed E-state index contributed by atoms with van der Waals surface area (Å²) < 4.78 is 3.70. The normalized spacial score (nSPS) is 14.2. The van der Waals surface area contributed by atoms with Crippen LogP contribution in [0.25, 0.3) is 0 Å². The Hall–Kier alpha value is -2.67. The highest BCUT2D eigenvalue weighted by atomic mass is 35.5. The summed E-state index contributed by atoms with van der Waals surface area (Å²) in [6.07, 6.45) is 4.47. The van der Waals surface area contributed by atoms with Gasteiger partial charge in [0.25, 0.3) is 5.91 Å². The molecule has 0 radical (unpaired) electrons. The van der Waals surface area contributed by atoms with Gasteiger partial charge in [0.05, 0.1) is 18.8 Å². The maximum Gasteiger partial charge on any atom is 0.254 e. The molecule has 7 nitrogen and oxygen atoms in total. The molecule has 1 amide bonds. The Balaban J connectivity index is 1.58. The molecule has 0 bridgehead atoms. The number of hydrogen-bond acceptors (Lipinski definition) is 4. The average Bonchev–Trinajstić information content (AvgIpc) is 3.20. The van der Waals surface area contributed by atoms with E-state index in [0.717, 1.165) is 24.4 Å². The number of hydrogen-bond donors (Lipinski definition) is 0. The number of carbonyl (C=O) groups excluding carboxylic acids is 1. The smallest absolute Gasteiger partial charge is 0.254 e. The SMILES string of the molecule is O=C(c1ccc(Cl)cc1)N1CCCn2nnc(Cn3cccn3)c2C1. The van der Waals surface area contributed by atoms with Crippen molar-refractivity contribution in [3.05, 3.63) is 64.7 Å². The third kappa shape index (κ3) is 3.28. The maximum absolute atomic E-state index is 12.8. The van der Waals surface area contributed by atoms with Crippen LogP contribution < -0.4 is 0 Å². The Labute approximate surface area is 149 Å². The number of aromatic nitrogens is 5. The molecule has 0 N–H and O–H groups in total. The molecule has 0 saturated heterocycles. The number of halogens is 1. The van der Waals surface area contributed by atoms with Crippen LogP contribution in [0.3, 0.4) is 0 Å². The van der Waals surface area contributed by atoms with E-state index < -0.39 is 0 Å². The predicted octanol–water partition coefficient (Wildman–Crippen LogP) is 2.22. The highest BCUT2D eigenvalue weighted by Crippen LogP contribution is 2.19. The van der Waals surface area contributed by atoms with E-state index >= 15 is 0 Å². The Bertz CT molecular complexity index is 871. The molecule has 0 spiro atoms. The molecule has 1 aromatic carbocycles. The standard InChI is InChI=1S/C17H17ClN6O/c18-14-5-3-13(4-6-14)17(25)22-8-2-10-24-16(12-22)15(20-21-24)11-23-9-1-7-19-23/h1,3-7,9H,2,8,10-12H2. The molecule has 3 aromatic rings. The van der Waals surface area contributed by atoms with Gasteiger partial charge in [-0.2, -0.15) is 5.10 Å². The summed E-state index contributed by atoms with van der Waals surface area (Å²) >= 11 is 5.92. The first-order chi connectivity index (χ1) is 12.2. The van der Waals surface area contributed by atoms with Crippen molar-refractivity contribution in [1.29, 1.82) is 0 Å². The Kier molecular flexibility index (Phi) is 4.23. The summed E-state index contributed by atoms with van der Waals surface area (Å²) in [5.74, 6) is -0.00337. The first kappa shape index (κ1) is 15.8. The van der Waals surface area contributed by atoms with E-state index in [1.807, 2.05) is 21.8 Å². The van der Waals surface area contributed by atoms with Crippen LogP contribution in [0.1, 0.15) is 28.2 Å². The maximum atomic E-state index is 12.8. The molecule has 1 aliphatic rings. The van der Waals surface area contributed by atoms with Crippen LogP contribution in [-0.4, -0.2) is 42.1 Å². The lowest BCUT2D eigenvalue weighted by atomic mass is 10.2. The number of rotatable bonds is 3. The highest BCUT2D eigenvalue weighted by Gasteiger charge is 2.24. The van der Waals surface area contributed by atoms with Crippen molar-refractivity contribution < 1.29 is 4.79 Å². The van der Waals surface area contributed by atoms with Gasteiger partial charge < -0.3 is 4.90 Å². The van der Waals surface area contributed by atoms with Gasteiger partial charge in [-0.05, 0) is 36.8 Å².